The van der Waals surface area contributed by atoms with E-state index >= 15 is 0 Å². The van der Waals surface area contributed by atoms with Gasteiger partial charge in [-0.05, 0) is 17.7 Å². The molecule has 1 aromatic carbocycles. The summed E-state index contributed by atoms with van der Waals surface area (Å²) in [6.07, 6.45) is 0.284. The number of pyridine rings is 1. The van der Waals surface area contributed by atoms with Crippen molar-refractivity contribution in [3.05, 3.63) is 53.7 Å². The number of benzene rings is 1. The molecule has 1 aromatic heterocycles. The maximum atomic E-state index is 12.5. The van der Waals surface area contributed by atoms with Gasteiger partial charge in [-0.1, -0.05) is 30.3 Å². The zero-order valence-electron chi connectivity index (χ0n) is 12.9. The molecule has 0 bridgehead atoms. The summed E-state index contributed by atoms with van der Waals surface area (Å²) >= 11 is 0. The maximum absolute atomic E-state index is 12.5. The lowest BCUT2D eigenvalue weighted by atomic mass is 10.1. The summed E-state index contributed by atoms with van der Waals surface area (Å²) in [4.78, 5) is 30.4. The number of hydrogen-bond acceptors (Lipinski definition) is 4. The second-order valence-electron chi connectivity index (χ2n) is 5.28. The number of aromatic nitrogens is 1. The number of nitrogens with one attached hydrogen (secondary N) is 2. The first-order valence-corrected chi connectivity index (χ1v) is 7.50. The normalized spacial score (nSPS) is 13.4. The lowest BCUT2D eigenvalue weighted by molar-refractivity contribution is 0.0976. The highest BCUT2D eigenvalue weighted by atomic mass is 16.2. The van der Waals surface area contributed by atoms with Gasteiger partial charge in [0.25, 0.3) is 0 Å². The predicted octanol–water partition coefficient (Wildman–Crippen LogP) is 2.43. The van der Waals surface area contributed by atoms with E-state index in [0.29, 0.717) is 30.3 Å². The van der Waals surface area contributed by atoms with Crippen LogP contribution in [0, 0.1) is 0 Å². The summed E-state index contributed by atoms with van der Waals surface area (Å²) in [7, 11) is 1.74. The molecule has 0 fully saturated rings. The molecule has 0 unspecified atom stereocenters. The number of hydrogen-bond donors (Lipinski definition) is 2. The van der Waals surface area contributed by atoms with Crippen molar-refractivity contribution >= 4 is 23.3 Å². The van der Waals surface area contributed by atoms with Gasteiger partial charge in [0.1, 0.15) is 11.5 Å². The van der Waals surface area contributed by atoms with Crippen molar-refractivity contribution in [2.45, 2.75) is 13.0 Å². The first-order chi connectivity index (χ1) is 11.2. The van der Waals surface area contributed by atoms with Gasteiger partial charge in [-0.15, -0.1) is 0 Å². The molecule has 1 aliphatic rings. The summed E-state index contributed by atoms with van der Waals surface area (Å²) < 4.78 is 0. The fourth-order valence-corrected chi connectivity index (χ4v) is 2.55. The molecule has 0 atom stereocenters. The molecule has 2 amide bonds. The lowest BCUT2D eigenvalue weighted by Crippen LogP contribution is -2.44. The van der Waals surface area contributed by atoms with Crippen LogP contribution in [0.1, 0.15) is 22.5 Å². The number of ketones is 1. The summed E-state index contributed by atoms with van der Waals surface area (Å²) in [5.41, 5.74) is 1.93. The van der Waals surface area contributed by atoms with Crippen LogP contribution in [0.5, 0.6) is 0 Å². The Morgan fingerprint density at radius 3 is 2.74 bits per heavy atom. The minimum absolute atomic E-state index is 0.0378. The zero-order chi connectivity index (χ0) is 16.2. The molecule has 1 aliphatic heterocycles. The van der Waals surface area contributed by atoms with E-state index < -0.39 is 0 Å². The molecule has 0 spiro atoms. The first kappa shape index (κ1) is 15.0. The number of fused-ring (bicyclic) bond motifs is 1. The average Bonchev–Trinajstić information content (AvgIpc) is 2.60. The quantitative estimate of drug-likeness (QED) is 0.913. The first-order valence-electron chi connectivity index (χ1n) is 7.50. The highest BCUT2D eigenvalue weighted by Gasteiger charge is 2.28. The van der Waals surface area contributed by atoms with Crippen molar-refractivity contribution < 1.29 is 9.59 Å². The molecule has 23 heavy (non-hydrogen) atoms. The lowest BCUT2D eigenvalue weighted by Gasteiger charge is -2.28. The molecule has 6 nitrogen and oxygen atoms in total. The predicted molar refractivity (Wildman–Crippen MR) is 88.8 cm³/mol. The van der Waals surface area contributed by atoms with E-state index in [1.54, 1.807) is 24.1 Å². The zero-order valence-corrected chi connectivity index (χ0v) is 12.9. The third-order valence-corrected chi connectivity index (χ3v) is 3.78. The van der Waals surface area contributed by atoms with Gasteiger partial charge in [0, 0.05) is 26.6 Å². The Labute approximate surface area is 134 Å². The van der Waals surface area contributed by atoms with Crippen LogP contribution in [-0.4, -0.2) is 30.4 Å². The molecule has 2 N–H and O–H groups in total. The van der Waals surface area contributed by atoms with Crippen molar-refractivity contribution in [1.29, 1.82) is 0 Å². The van der Waals surface area contributed by atoms with Crippen LogP contribution in [0.3, 0.4) is 0 Å². The second kappa shape index (κ2) is 6.48. The Morgan fingerprint density at radius 1 is 1.22 bits per heavy atom. The fourth-order valence-electron chi connectivity index (χ4n) is 2.55. The Balaban J connectivity index is 1.77. The van der Waals surface area contributed by atoms with E-state index in [1.807, 2.05) is 30.3 Å². The van der Waals surface area contributed by atoms with Crippen LogP contribution in [0.15, 0.2) is 42.5 Å². The van der Waals surface area contributed by atoms with Crippen LogP contribution in [0.25, 0.3) is 0 Å². The molecule has 2 heterocycles. The third-order valence-electron chi connectivity index (χ3n) is 3.78. The van der Waals surface area contributed by atoms with Crippen molar-refractivity contribution in [1.82, 2.24) is 10.3 Å². The Kier molecular flexibility index (Phi) is 4.23. The van der Waals surface area contributed by atoms with E-state index in [9.17, 15) is 9.59 Å². The summed E-state index contributed by atoms with van der Waals surface area (Å²) in [6, 6.07) is 13.0. The van der Waals surface area contributed by atoms with Crippen LogP contribution >= 0.6 is 0 Å². The van der Waals surface area contributed by atoms with E-state index in [2.05, 4.69) is 15.6 Å². The maximum Gasteiger partial charge on any atom is 0.322 e. The molecule has 0 saturated heterocycles. The standard InChI is InChI=1S/C17H18N4O2/c1-18-15-8-7-13-16(20-15)14(22)9-10-21(13)17(23)19-11-12-5-3-2-4-6-12/h2-8H,9-11H2,1H3,(H,18,20)(H,19,23). The van der Waals surface area contributed by atoms with Crippen LogP contribution in [-0.2, 0) is 6.54 Å². The van der Waals surface area contributed by atoms with E-state index in [0.717, 1.165) is 5.56 Å². The van der Waals surface area contributed by atoms with E-state index in [-0.39, 0.29) is 18.2 Å². The monoisotopic (exact) mass is 310 g/mol. The minimum Gasteiger partial charge on any atom is -0.373 e. The van der Waals surface area contributed by atoms with Gasteiger partial charge in [-0.25, -0.2) is 9.78 Å². The summed E-state index contributed by atoms with van der Waals surface area (Å²) in [6.45, 7) is 0.814. The molecule has 0 saturated carbocycles. The van der Waals surface area contributed by atoms with Gasteiger partial charge >= 0.3 is 6.03 Å². The second-order valence-corrected chi connectivity index (χ2v) is 5.28. The van der Waals surface area contributed by atoms with Gasteiger partial charge in [-0.3, -0.25) is 9.69 Å². The molecule has 2 aromatic rings. The topological polar surface area (TPSA) is 74.3 Å². The number of amides is 2. The van der Waals surface area contributed by atoms with Gasteiger partial charge in [0.15, 0.2) is 5.78 Å². The number of carbonyl (C=O) groups is 2. The molecule has 118 valence electrons. The highest BCUT2D eigenvalue weighted by molar-refractivity contribution is 6.07. The van der Waals surface area contributed by atoms with E-state index in [1.165, 1.54) is 0 Å². The van der Waals surface area contributed by atoms with Crippen LogP contribution in [0.4, 0.5) is 16.3 Å². The summed E-state index contributed by atoms with van der Waals surface area (Å²) in [5, 5.41) is 5.79. The van der Waals surface area contributed by atoms with Crippen molar-refractivity contribution in [3.63, 3.8) is 0 Å². The molecule has 0 radical (unpaired) electrons. The Bertz CT molecular complexity index is 731. The SMILES string of the molecule is CNc1ccc2c(n1)C(=O)CCN2C(=O)NCc1ccccc1. The Morgan fingerprint density at radius 2 is 2.00 bits per heavy atom. The number of urea groups is 1. The van der Waals surface area contributed by atoms with Gasteiger partial charge in [-0.2, -0.15) is 0 Å². The third kappa shape index (κ3) is 3.15. The number of nitrogens with zero attached hydrogens (tertiary/aromatic N) is 2. The Hall–Kier alpha value is -2.89. The van der Waals surface area contributed by atoms with Gasteiger partial charge < -0.3 is 10.6 Å². The van der Waals surface area contributed by atoms with Crippen molar-refractivity contribution in [2.75, 3.05) is 23.8 Å². The molecular weight excluding hydrogens is 292 g/mol. The minimum atomic E-state index is -0.221. The average molecular weight is 310 g/mol. The van der Waals surface area contributed by atoms with Crippen LogP contribution in [0.2, 0.25) is 0 Å². The molecule has 6 heteroatoms. The smallest absolute Gasteiger partial charge is 0.322 e. The fraction of sp³-hybridized carbons (Fsp3) is 0.235. The van der Waals surface area contributed by atoms with Gasteiger partial charge in [0.2, 0.25) is 0 Å². The number of rotatable bonds is 3. The van der Waals surface area contributed by atoms with Crippen LogP contribution < -0.4 is 15.5 Å². The number of anilines is 2. The van der Waals surface area contributed by atoms with Crippen molar-refractivity contribution in [2.24, 2.45) is 0 Å². The van der Waals surface area contributed by atoms with Crippen molar-refractivity contribution in [3.8, 4) is 0 Å². The van der Waals surface area contributed by atoms with E-state index in [4.69, 9.17) is 0 Å². The highest BCUT2D eigenvalue weighted by Crippen LogP contribution is 2.27. The molecule has 3 rings (SSSR count). The van der Waals surface area contributed by atoms with Gasteiger partial charge in [0.05, 0.1) is 5.69 Å². The largest absolute Gasteiger partial charge is 0.373 e. The number of carbonyl (C=O) groups excluding carboxylic acids is 2. The summed E-state index contributed by atoms with van der Waals surface area (Å²) in [5.74, 6) is 0.577. The molecule has 0 aliphatic carbocycles. The molecular formula is C17H18N4O2. The number of Topliss-reactive ketones (excluding diaryl/α,β-unsaturated/α-hetero) is 1.